The number of benzene rings is 2. The maximum Gasteiger partial charge on any atom is 0.295 e. The minimum atomic E-state index is -0.880. The van der Waals surface area contributed by atoms with E-state index < -0.39 is 22.7 Å². The molecular weight excluding hydrogens is 416 g/mol. The number of carbonyl (C=O) groups excluding carboxylic acids is 2. The first-order valence-electron chi connectivity index (χ1n) is 9.96. The smallest absolute Gasteiger partial charge is 0.295 e. The van der Waals surface area contributed by atoms with Crippen molar-refractivity contribution in [2.24, 2.45) is 0 Å². The molecule has 2 aromatic carbocycles. The highest BCUT2D eigenvalue weighted by Crippen LogP contribution is 2.40. The molecule has 1 aliphatic rings. The van der Waals surface area contributed by atoms with Crippen LogP contribution < -0.4 is 4.74 Å². The molecule has 1 atom stereocenters. The number of carbonyl (C=O) groups is 2. The van der Waals surface area contributed by atoms with Crippen LogP contribution >= 0.6 is 0 Å². The van der Waals surface area contributed by atoms with Crippen molar-refractivity contribution in [2.75, 3.05) is 27.4 Å². The predicted octanol–water partition coefficient (Wildman–Crippen LogP) is 3.37. The molecule has 1 N–H and O–H groups in total. The number of likely N-dealkylation sites (tertiary alicyclic amines) is 1. The Morgan fingerprint density at radius 3 is 2.41 bits per heavy atom. The van der Waals surface area contributed by atoms with Gasteiger partial charge in [-0.1, -0.05) is 0 Å². The summed E-state index contributed by atoms with van der Waals surface area (Å²) in [6.45, 7) is 2.40. The summed E-state index contributed by atoms with van der Waals surface area (Å²) in [5.74, 6) is -1.24. The zero-order valence-electron chi connectivity index (χ0n) is 18.0. The molecule has 3 rings (SSSR count). The molecule has 0 aliphatic carbocycles. The summed E-state index contributed by atoms with van der Waals surface area (Å²) in [4.78, 5) is 37.7. The summed E-state index contributed by atoms with van der Waals surface area (Å²) in [5, 5.41) is 22.1. The van der Waals surface area contributed by atoms with E-state index in [0.717, 1.165) is 5.56 Å². The first-order valence-corrected chi connectivity index (χ1v) is 9.96. The van der Waals surface area contributed by atoms with E-state index in [-0.39, 0.29) is 23.6 Å². The number of amides is 1. The number of non-ortho nitro benzene ring substituents is 1. The number of ether oxygens (including phenoxy) is 2. The van der Waals surface area contributed by atoms with Gasteiger partial charge in [-0.2, -0.15) is 0 Å². The fraction of sp³-hybridized carbons (Fsp3) is 0.304. The van der Waals surface area contributed by atoms with Crippen LogP contribution in [0.5, 0.6) is 5.75 Å². The molecule has 2 aromatic rings. The lowest BCUT2D eigenvalue weighted by Gasteiger charge is -2.25. The molecule has 0 unspecified atom stereocenters. The van der Waals surface area contributed by atoms with Gasteiger partial charge in [-0.25, -0.2) is 0 Å². The summed E-state index contributed by atoms with van der Waals surface area (Å²) in [6, 6.07) is 9.65. The number of methoxy groups -OCH3 is 2. The molecule has 9 nitrogen and oxygen atoms in total. The van der Waals surface area contributed by atoms with E-state index in [1.54, 1.807) is 25.1 Å². The number of hydrogen-bond donors (Lipinski definition) is 1. The number of ketones is 1. The second-order valence-corrected chi connectivity index (χ2v) is 7.37. The summed E-state index contributed by atoms with van der Waals surface area (Å²) in [6.07, 6.45) is 0.481. The SMILES string of the molecule is COCCCN1C(=O)C(=O)/C(=C(/O)c2ccc(OC)c(C)c2)[C@H]1c1ccc([N+](=O)[O-])cc1. The molecule has 32 heavy (non-hydrogen) atoms. The molecule has 1 fully saturated rings. The number of Topliss-reactive ketones (excluding diaryl/α,β-unsaturated/α-hetero) is 1. The van der Waals surface area contributed by atoms with Crippen LogP contribution in [0.1, 0.15) is 29.2 Å². The topological polar surface area (TPSA) is 119 Å². The van der Waals surface area contributed by atoms with E-state index in [1.807, 2.05) is 0 Å². The molecule has 1 aliphatic heterocycles. The Labute approximate surface area is 185 Å². The molecule has 1 saturated heterocycles. The van der Waals surface area contributed by atoms with Gasteiger partial charge in [0, 0.05) is 38.0 Å². The molecule has 0 saturated carbocycles. The van der Waals surface area contributed by atoms with E-state index in [0.29, 0.717) is 29.9 Å². The number of aliphatic hydroxyl groups is 1. The van der Waals surface area contributed by atoms with Crippen LogP contribution in [0.2, 0.25) is 0 Å². The average Bonchev–Trinajstić information content (AvgIpc) is 3.03. The highest BCUT2D eigenvalue weighted by atomic mass is 16.6. The number of rotatable bonds is 8. The number of aryl methyl sites for hydroxylation is 1. The van der Waals surface area contributed by atoms with Crippen LogP contribution in [0.25, 0.3) is 5.76 Å². The summed E-state index contributed by atoms with van der Waals surface area (Å²) in [5.41, 5.74) is 1.42. The maximum atomic E-state index is 13.0. The second-order valence-electron chi connectivity index (χ2n) is 7.37. The van der Waals surface area contributed by atoms with E-state index >= 15 is 0 Å². The molecule has 0 aromatic heterocycles. The van der Waals surface area contributed by atoms with E-state index in [9.17, 15) is 24.8 Å². The monoisotopic (exact) mass is 440 g/mol. The van der Waals surface area contributed by atoms with Crippen molar-refractivity contribution in [3.05, 3.63) is 74.8 Å². The molecule has 9 heteroatoms. The Morgan fingerprint density at radius 2 is 1.84 bits per heavy atom. The quantitative estimate of drug-likeness (QED) is 0.167. The first kappa shape index (κ1) is 23.0. The molecule has 1 amide bonds. The Hall–Kier alpha value is -3.72. The lowest BCUT2D eigenvalue weighted by atomic mass is 9.94. The maximum absolute atomic E-state index is 13.0. The van der Waals surface area contributed by atoms with Crippen LogP contribution in [0.4, 0.5) is 5.69 Å². The van der Waals surface area contributed by atoms with Gasteiger partial charge in [0.05, 0.1) is 23.6 Å². The van der Waals surface area contributed by atoms with Crippen molar-refractivity contribution >= 4 is 23.1 Å². The van der Waals surface area contributed by atoms with Crippen LogP contribution in [-0.2, 0) is 14.3 Å². The number of hydrogen-bond acceptors (Lipinski definition) is 7. The van der Waals surface area contributed by atoms with Gasteiger partial charge in [0.15, 0.2) is 0 Å². The van der Waals surface area contributed by atoms with Gasteiger partial charge in [-0.3, -0.25) is 19.7 Å². The zero-order valence-corrected chi connectivity index (χ0v) is 18.0. The number of aliphatic hydroxyl groups excluding tert-OH is 1. The van der Waals surface area contributed by atoms with Gasteiger partial charge in [0.25, 0.3) is 17.4 Å². The molecular formula is C23H24N2O7. The fourth-order valence-electron chi connectivity index (χ4n) is 3.80. The molecule has 0 radical (unpaired) electrons. The Bertz CT molecular complexity index is 1080. The van der Waals surface area contributed by atoms with Crippen molar-refractivity contribution in [3.63, 3.8) is 0 Å². The van der Waals surface area contributed by atoms with Crippen molar-refractivity contribution in [3.8, 4) is 5.75 Å². The molecule has 0 bridgehead atoms. The molecule has 168 valence electrons. The first-order chi connectivity index (χ1) is 15.3. The van der Waals surface area contributed by atoms with Gasteiger partial charge in [-0.05, 0) is 54.8 Å². The zero-order chi connectivity index (χ0) is 23.4. The number of nitro benzene ring substituents is 1. The lowest BCUT2D eigenvalue weighted by molar-refractivity contribution is -0.384. The van der Waals surface area contributed by atoms with Crippen molar-refractivity contribution in [2.45, 2.75) is 19.4 Å². The Kier molecular flexibility index (Phi) is 6.89. The summed E-state index contributed by atoms with van der Waals surface area (Å²) in [7, 11) is 3.07. The van der Waals surface area contributed by atoms with Gasteiger partial charge in [0.1, 0.15) is 11.5 Å². The second kappa shape index (κ2) is 9.61. The van der Waals surface area contributed by atoms with Gasteiger partial charge < -0.3 is 19.5 Å². The van der Waals surface area contributed by atoms with Gasteiger partial charge in [0.2, 0.25) is 0 Å². The lowest BCUT2D eigenvalue weighted by Crippen LogP contribution is -2.31. The van der Waals surface area contributed by atoms with Crippen molar-refractivity contribution < 1.29 is 29.1 Å². The molecule has 0 spiro atoms. The highest BCUT2D eigenvalue weighted by molar-refractivity contribution is 6.46. The van der Waals surface area contributed by atoms with Crippen LogP contribution in [0, 0.1) is 17.0 Å². The minimum Gasteiger partial charge on any atom is -0.507 e. The predicted molar refractivity (Wildman–Crippen MR) is 116 cm³/mol. The van der Waals surface area contributed by atoms with Gasteiger partial charge in [-0.15, -0.1) is 0 Å². The summed E-state index contributed by atoms with van der Waals surface area (Å²) >= 11 is 0. The normalized spacial score (nSPS) is 17.6. The fourth-order valence-corrected chi connectivity index (χ4v) is 3.80. The standard InChI is InChI=1S/C23H24N2O7/c1-14-13-16(7-10-18(14)32-3)21(26)19-20(15-5-8-17(9-6-15)25(29)30)24(11-4-12-31-2)23(28)22(19)27/h5-10,13,20,26H,4,11-12H2,1-3H3/b21-19+/t20-/m1/s1. The Morgan fingerprint density at radius 1 is 1.16 bits per heavy atom. The van der Waals surface area contributed by atoms with Crippen LogP contribution in [-0.4, -0.2) is 54.0 Å². The largest absolute Gasteiger partial charge is 0.507 e. The van der Waals surface area contributed by atoms with Crippen molar-refractivity contribution in [1.82, 2.24) is 4.90 Å². The van der Waals surface area contributed by atoms with E-state index in [2.05, 4.69) is 0 Å². The average molecular weight is 440 g/mol. The van der Waals surface area contributed by atoms with Crippen LogP contribution in [0.3, 0.4) is 0 Å². The number of nitro groups is 1. The number of nitrogens with zero attached hydrogens (tertiary/aromatic N) is 2. The Balaban J connectivity index is 2.13. The molecule has 1 heterocycles. The van der Waals surface area contributed by atoms with E-state index in [1.165, 1.54) is 43.4 Å². The highest BCUT2D eigenvalue weighted by Gasteiger charge is 2.45. The summed E-state index contributed by atoms with van der Waals surface area (Å²) < 4.78 is 10.3. The minimum absolute atomic E-state index is 0.0640. The van der Waals surface area contributed by atoms with Crippen molar-refractivity contribution in [1.29, 1.82) is 0 Å². The third kappa shape index (κ3) is 4.33. The third-order valence-corrected chi connectivity index (χ3v) is 5.38. The van der Waals surface area contributed by atoms with E-state index in [4.69, 9.17) is 9.47 Å². The van der Waals surface area contributed by atoms with Gasteiger partial charge >= 0.3 is 0 Å². The van der Waals surface area contributed by atoms with Crippen LogP contribution in [0.15, 0.2) is 48.0 Å². The third-order valence-electron chi connectivity index (χ3n) is 5.38.